The molecule has 0 saturated carbocycles. The van der Waals surface area contributed by atoms with Gasteiger partial charge in [0.15, 0.2) is 5.65 Å². The van der Waals surface area contributed by atoms with E-state index >= 15 is 0 Å². The molecule has 0 fully saturated rings. The topological polar surface area (TPSA) is 56.7 Å². The van der Waals surface area contributed by atoms with Crippen LogP contribution in [-0.2, 0) is 20.1 Å². The normalized spacial score (nSPS) is 12.2. The van der Waals surface area contributed by atoms with Crippen molar-refractivity contribution in [3.8, 4) is 39.5 Å². The molecule has 0 saturated heterocycles. The minimum atomic E-state index is -2.03. The zero-order valence-electron chi connectivity index (χ0n) is 37.8. The maximum atomic E-state index is 8.44. The van der Waals surface area contributed by atoms with E-state index in [9.17, 15) is 0 Å². The Hall–Kier alpha value is -5.14. The van der Waals surface area contributed by atoms with Crippen LogP contribution in [0.4, 0.5) is 0 Å². The molecule has 5 aromatic carbocycles. The monoisotopic (exact) mass is 1040 g/mol. The number of fused-ring (bicyclic) bond motifs is 4. The Bertz CT molecular complexity index is 2980. The van der Waals surface area contributed by atoms with Gasteiger partial charge in [0.1, 0.15) is 5.58 Å². The number of furan rings is 1. The van der Waals surface area contributed by atoms with E-state index < -0.39 is 19.2 Å². The molecule has 0 bridgehead atoms. The van der Waals surface area contributed by atoms with Crippen LogP contribution in [0.5, 0.6) is 0 Å². The van der Waals surface area contributed by atoms with Crippen LogP contribution in [0.2, 0.25) is 17.3 Å². The number of imidazole rings is 1. The summed E-state index contributed by atoms with van der Waals surface area (Å²) in [6.07, 6.45) is 3.88. The van der Waals surface area contributed by atoms with Crippen molar-refractivity contribution in [2.24, 2.45) is 0 Å². The number of pyridine rings is 2. The van der Waals surface area contributed by atoms with Gasteiger partial charge >= 0.3 is 120 Å². The van der Waals surface area contributed by atoms with Gasteiger partial charge in [0.2, 0.25) is 0 Å². The molecule has 9 rings (SSSR count). The Morgan fingerprint density at radius 1 is 0.705 bits per heavy atom. The first-order valence-electron chi connectivity index (χ1n) is 21.5. The first-order chi connectivity index (χ1) is 29.1. The van der Waals surface area contributed by atoms with Crippen LogP contribution in [-0.4, -0.2) is 32.8 Å². The van der Waals surface area contributed by atoms with Gasteiger partial charge in [-0.3, -0.25) is 4.98 Å². The summed E-state index contributed by atoms with van der Waals surface area (Å²) in [6.45, 7) is 15.1. The van der Waals surface area contributed by atoms with Crippen LogP contribution in [0.1, 0.15) is 82.9 Å². The number of aromatic nitrogens is 4. The zero-order chi connectivity index (χ0) is 43.2. The van der Waals surface area contributed by atoms with E-state index in [-0.39, 0.29) is 31.9 Å². The number of benzene rings is 5. The second kappa shape index (κ2) is 18.1. The van der Waals surface area contributed by atoms with Crippen LogP contribution in [0.3, 0.4) is 0 Å². The van der Waals surface area contributed by atoms with Gasteiger partial charge < -0.3 is 8.98 Å². The fourth-order valence-corrected chi connectivity index (χ4v) is 11.4. The number of rotatable bonds is 8. The fraction of sp³-hybridized carbons (Fsp3) is 0.241. The molecular formula is C54H54GeIrN4O-2. The van der Waals surface area contributed by atoms with Gasteiger partial charge in [-0.2, -0.15) is 0 Å². The third-order valence-corrected chi connectivity index (χ3v) is 15.5. The number of para-hydroxylation sites is 1. The maximum Gasteiger partial charge on any atom is 0 e. The smallest absolute Gasteiger partial charge is 0 e. The van der Waals surface area contributed by atoms with E-state index in [2.05, 4.69) is 134 Å². The molecule has 0 amide bonds. The SMILES string of the molecule is Cc1ccnc2c1nc(-c1[c-]ccc3c1oc1ccccc13)n2-c1c(C(C)C)cc(-c2ccccc2)cc1C(C)C.[2H]C(C)(C)c1cc(-c2[c-]cccc2)nc[c]1[Ge]([CH3])([CH3])[CH3].[Ir]. The molecule has 7 heteroatoms. The van der Waals surface area contributed by atoms with Crippen molar-refractivity contribution < 1.29 is 25.9 Å². The first-order valence-corrected chi connectivity index (χ1v) is 28.3. The van der Waals surface area contributed by atoms with Crippen molar-refractivity contribution in [2.45, 2.75) is 83.5 Å². The first kappa shape index (κ1) is 42.5. The van der Waals surface area contributed by atoms with Crippen LogP contribution >= 0.6 is 0 Å². The summed E-state index contributed by atoms with van der Waals surface area (Å²) in [5.74, 6) is 7.78. The molecule has 0 atom stereocenters. The molecule has 0 N–H and O–H groups in total. The molecule has 0 aliphatic rings. The van der Waals surface area contributed by atoms with Gasteiger partial charge in [-0.05, 0) is 70.8 Å². The molecule has 0 aliphatic heterocycles. The molecule has 0 spiro atoms. The Morgan fingerprint density at radius 2 is 1.39 bits per heavy atom. The van der Waals surface area contributed by atoms with E-state index in [1.54, 1.807) is 0 Å². The fourth-order valence-electron chi connectivity index (χ4n) is 8.11. The minimum Gasteiger partial charge on any atom is 0 e. The summed E-state index contributed by atoms with van der Waals surface area (Å²) in [4.78, 5) is 14.8. The summed E-state index contributed by atoms with van der Waals surface area (Å²) in [7, 11) is 0. The third kappa shape index (κ3) is 8.68. The average Bonchev–Trinajstić information content (AvgIpc) is 3.83. The third-order valence-electron chi connectivity index (χ3n) is 11.3. The quantitative estimate of drug-likeness (QED) is 0.112. The van der Waals surface area contributed by atoms with Gasteiger partial charge in [-0.15, -0.1) is 18.2 Å². The predicted octanol–water partition coefficient (Wildman–Crippen LogP) is 14.2. The van der Waals surface area contributed by atoms with Gasteiger partial charge in [-0.25, -0.2) is 4.98 Å². The molecule has 4 heterocycles. The standard InChI is InChI=1S/C37H32N3O.C17H22GeN.Ir/c1-22(2)30-20-26(25-12-7-6-8-13-25)21-31(23(3)4)34(30)40-36(39-33-24(5)18-19-38-37(33)40)29-16-11-15-28-27-14-9-10-17-32(27)41-35(28)29;1-13(2)15-11-17(14-9-7-6-8-10-14)19-12-16(15)18(3,4)5;/h6-15,17-23H,1-5H3;6-9,11-13H,1-5H3;/q2*-1;/i;13D;. The predicted molar refractivity (Wildman–Crippen MR) is 254 cm³/mol. The van der Waals surface area contributed by atoms with E-state index in [0.29, 0.717) is 0 Å². The molecule has 4 aromatic heterocycles. The largest absolute Gasteiger partial charge is 0 e. The summed E-state index contributed by atoms with van der Waals surface area (Å²) < 4.78 is 18.5. The molecule has 0 unspecified atom stereocenters. The molecule has 1 radical (unpaired) electrons. The zero-order valence-corrected chi connectivity index (χ0v) is 41.3. The second-order valence-corrected chi connectivity index (χ2v) is 28.2. The van der Waals surface area contributed by atoms with E-state index in [0.717, 1.165) is 72.6 Å². The van der Waals surface area contributed by atoms with Crippen molar-refractivity contribution in [3.05, 3.63) is 162 Å². The van der Waals surface area contributed by atoms with Crippen molar-refractivity contribution in [1.82, 2.24) is 19.5 Å². The molecule has 311 valence electrons. The summed E-state index contributed by atoms with van der Waals surface area (Å²) in [5, 5.41) is 2.15. The van der Waals surface area contributed by atoms with Gasteiger partial charge in [0, 0.05) is 37.4 Å². The molecule has 5 nitrogen and oxygen atoms in total. The van der Waals surface area contributed by atoms with Crippen LogP contribution < -0.4 is 4.40 Å². The Morgan fingerprint density at radius 3 is 2.05 bits per heavy atom. The summed E-state index contributed by atoms with van der Waals surface area (Å²) >= 11 is -2.03. The number of hydrogen-bond acceptors (Lipinski definition) is 4. The molecule has 9 aromatic rings. The maximum absolute atomic E-state index is 8.44. The Kier molecular flexibility index (Phi) is 12.6. The molecule has 61 heavy (non-hydrogen) atoms. The van der Waals surface area contributed by atoms with Gasteiger partial charge in [-0.1, -0.05) is 87.2 Å². The minimum absolute atomic E-state index is 0. The summed E-state index contributed by atoms with van der Waals surface area (Å²) in [5.41, 5.74) is 14.4. The Labute approximate surface area is 378 Å². The molecular weight excluding hydrogens is 985 g/mol. The Balaban J connectivity index is 0.000000233. The summed E-state index contributed by atoms with van der Waals surface area (Å²) in [6, 6.07) is 46.3. The van der Waals surface area contributed by atoms with E-state index in [1.165, 1.54) is 26.6 Å². The average molecular weight is 1040 g/mol. The van der Waals surface area contributed by atoms with Crippen molar-refractivity contribution in [1.29, 1.82) is 0 Å². The van der Waals surface area contributed by atoms with Gasteiger partial charge in [0.05, 0.1) is 16.9 Å². The van der Waals surface area contributed by atoms with Crippen LogP contribution in [0, 0.1) is 19.1 Å². The van der Waals surface area contributed by atoms with Crippen molar-refractivity contribution in [2.75, 3.05) is 0 Å². The van der Waals surface area contributed by atoms with Gasteiger partial charge in [0.25, 0.3) is 0 Å². The van der Waals surface area contributed by atoms with Crippen LogP contribution in [0.15, 0.2) is 132 Å². The van der Waals surface area contributed by atoms with E-state index in [1.807, 2.05) is 80.8 Å². The second-order valence-electron chi connectivity index (χ2n) is 17.6. The number of aryl methyl sites for hydroxylation is 1. The number of nitrogens with zero attached hydrogens (tertiary/aromatic N) is 4. The van der Waals surface area contributed by atoms with Crippen LogP contribution in [0.25, 0.3) is 72.6 Å². The number of hydrogen-bond donors (Lipinski definition) is 0. The van der Waals surface area contributed by atoms with Crippen molar-refractivity contribution >= 4 is 50.8 Å². The molecule has 0 aliphatic carbocycles. The van der Waals surface area contributed by atoms with Crippen molar-refractivity contribution in [3.63, 3.8) is 0 Å². The van der Waals surface area contributed by atoms with E-state index in [4.69, 9.17) is 15.8 Å².